The molecule has 9 nitrogen and oxygen atoms in total. The summed E-state index contributed by atoms with van der Waals surface area (Å²) >= 11 is 0. The minimum atomic E-state index is -0.570. The molecule has 1 aromatic carbocycles. The van der Waals surface area contributed by atoms with Gasteiger partial charge in [0.2, 0.25) is 5.91 Å². The molecule has 2 aliphatic rings. The standard InChI is InChI=1S/C27H39N7O2/c1-19-20(16-25(35)31(2)3)6-5-11-34(19)23-17-24(26(27(28)36)29-18-23)30-21-7-9-22(10-8-21)33-14-12-32(4)13-15-33/h7-10,17-20,30H,5-6,11-16H2,1-4H3,(H2,28,36)/t19-,20+/m1/s1. The largest absolute Gasteiger partial charge is 0.369 e. The topological polar surface area (TPSA) is 98.0 Å². The predicted molar refractivity (Wildman–Crippen MR) is 145 cm³/mol. The molecule has 2 atom stereocenters. The molecular weight excluding hydrogens is 454 g/mol. The molecule has 2 amide bonds. The van der Waals surface area contributed by atoms with Gasteiger partial charge in [0.25, 0.3) is 5.91 Å². The molecule has 9 heteroatoms. The maximum Gasteiger partial charge on any atom is 0.269 e. The Balaban J connectivity index is 1.52. The van der Waals surface area contributed by atoms with Crippen molar-refractivity contribution in [3.63, 3.8) is 0 Å². The molecule has 3 N–H and O–H groups in total. The molecule has 0 spiro atoms. The Hall–Kier alpha value is -3.33. The average Bonchev–Trinajstić information content (AvgIpc) is 2.86. The van der Waals surface area contributed by atoms with Gasteiger partial charge in [-0.05, 0) is 63.1 Å². The van der Waals surface area contributed by atoms with E-state index in [1.165, 1.54) is 5.69 Å². The third kappa shape index (κ3) is 5.90. The highest BCUT2D eigenvalue weighted by Gasteiger charge is 2.31. The van der Waals surface area contributed by atoms with Gasteiger partial charge < -0.3 is 30.7 Å². The van der Waals surface area contributed by atoms with Gasteiger partial charge in [0.05, 0.1) is 17.6 Å². The van der Waals surface area contributed by atoms with Crippen LogP contribution < -0.4 is 20.9 Å². The number of nitrogens with zero attached hydrogens (tertiary/aromatic N) is 5. The number of nitrogens with one attached hydrogen (secondary N) is 1. The number of aromatic nitrogens is 1. The van der Waals surface area contributed by atoms with Gasteiger partial charge in [0, 0.05) is 70.7 Å². The number of amides is 2. The van der Waals surface area contributed by atoms with Crippen molar-refractivity contribution in [2.75, 3.05) is 69.0 Å². The van der Waals surface area contributed by atoms with Crippen LogP contribution in [0, 0.1) is 5.92 Å². The normalized spacial score (nSPS) is 20.8. The van der Waals surface area contributed by atoms with Crippen LogP contribution in [-0.4, -0.2) is 86.5 Å². The molecule has 3 heterocycles. The Morgan fingerprint density at radius 2 is 1.78 bits per heavy atom. The summed E-state index contributed by atoms with van der Waals surface area (Å²) in [6.07, 6.45) is 4.27. The van der Waals surface area contributed by atoms with E-state index < -0.39 is 5.91 Å². The molecule has 2 aromatic rings. The average molecular weight is 494 g/mol. The Kier molecular flexibility index (Phi) is 7.98. The molecule has 0 radical (unpaired) electrons. The maximum absolute atomic E-state index is 12.3. The third-order valence-corrected chi connectivity index (χ3v) is 7.54. The summed E-state index contributed by atoms with van der Waals surface area (Å²) in [5.41, 5.74) is 9.44. The zero-order valence-electron chi connectivity index (χ0n) is 21.9. The highest BCUT2D eigenvalue weighted by atomic mass is 16.2. The second-order valence-electron chi connectivity index (χ2n) is 10.2. The number of hydrogen-bond donors (Lipinski definition) is 2. The Labute approximate surface area is 214 Å². The van der Waals surface area contributed by atoms with Gasteiger partial charge in [-0.2, -0.15) is 0 Å². The molecular formula is C27H39N7O2. The Morgan fingerprint density at radius 1 is 1.08 bits per heavy atom. The number of likely N-dealkylation sites (N-methyl/N-ethyl adjacent to an activating group) is 1. The zero-order chi connectivity index (χ0) is 25.8. The molecule has 0 unspecified atom stereocenters. The molecule has 2 aliphatic heterocycles. The van der Waals surface area contributed by atoms with Crippen molar-refractivity contribution in [3.8, 4) is 0 Å². The number of primary amides is 1. The molecule has 0 saturated carbocycles. The number of anilines is 4. The molecule has 194 valence electrons. The van der Waals surface area contributed by atoms with Crippen LogP contribution in [0.5, 0.6) is 0 Å². The molecule has 4 rings (SSSR count). The maximum atomic E-state index is 12.3. The number of pyridine rings is 1. The van der Waals surface area contributed by atoms with Crippen LogP contribution >= 0.6 is 0 Å². The van der Waals surface area contributed by atoms with Gasteiger partial charge in [0.1, 0.15) is 0 Å². The fraction of sp³-hybridized carbons (Fsp3) is 0.519. The first-order valence-electron chi connectivity index (χ1n) is 12.8. The number of carbonyl (C=O) groups excluding carboxylic acids is 2. The van der Waals surface area contributed by atoms with Crippen molar-refractivity contribution in [1.82, 2.24) is 14.8 Å². The highest BCUT2D eigenvalue weighted by molar-refractivity contribution is 5.97. The first-order valence-corrected chi connectivity index (χ1v) is 12.8. The van der Waals surface area contributed by atoms with E-state index in [1.807, 2.05) is 18.2 Å². The number of piperazine rings is 1. The van der Waals surface area contributed by atoms with E-state index in [9.17, 15) is 9.59 Å². The summed E-state index contributed by atoms with van der Waals surface area (Å²) < 4.78 is 0. The molecule has 0 bridgehead atoms. The second kappa shape index (κ2) is 11.2. The van der Waals surface area contributed by atoms with Crippen LogP contribution in [0.3, 0.4) is 0 Å². The van der Waals surface area contributed by atoms with Gasteiger partial charge in [-0.3, -0.25) is 9.59 Å². The molecule has 2 fully saturated rings. The minimum Gasteiger partial charge on any atom is -0.369 e. The van der Waals surface area contributed by atoms with Gasteiger partial charge in [-0.15, -0.1) is 0 Å². The zero-order valence-corrected chi connectivity index (χ0v) is 21.9. The summed E-state index contributed by atoms with van der Waals surface area (Å²) in [5.74, 6) is -0.152. The van der Waals surface area contributed by atoms with Gasteiger partial charge in [-0.25, -0.2) is 4.98 Å². The van der Waals surface area contributed by atoms with E-state index in [-0.39, 0.29) is 23.6 Å². The third-order valence-electron chi connectivity index (χ3n) is 7.54. The van der Waals surface area contributed by atoms with E-state index in [4.69, 9.17) is 5.73 Å². The van der Waals surface area contributed by atoms with Gasteiger partial charge in [-0.1, -0.05) is 0 Å². The summed E-state index contributed by atoms with van der Waals surface area (Å²) in [6, 6.07) is 10.4. The van der Waals surface area contributed by atoms with Gasteiger partial charge in [0.15, 0.2) is 5.69 Å². The summed E-state index contributed by atoms with van der Waals surface area (Å²) in [5, 5.41) is 3.37. The highest BCUT2D eigenvalue weighted by Crippen LogP contribution is 2.33. The quantitative estimate of drug-likeness (QED) is 0.612. The van der Waals surface area contributed by atoms with Crippen LogP contribution in [0.15, 0.2) is 36.5 Å². The van der Waals surface area contributed by atoms with Gasteiger partial charge >= 0.3 is 0 Å². The minimum absolute atomic E-state index is 0.151. The van der Waals surface area contributed by atoms with E-state index in [1.54, 1.807) is 25.2 Å². The van der Waals surface area contributed by atoms with Crippen LogP contribution in [0.1, 0.15) is 36.7 Å². The van der Waals surface area contributed by atoms with Crippen LogP contribution in [0.4, 0.5) is 22.7 Å². The second-order valence-corrected chi connectivity index (χ2v) is 10.2. The number of rotatable bonds is 7. The summed E-state index contributed by atoms with van der Waals surface area (Å²) in [6.45, 7) is 7.18. The number of benzene rings is 1. The van der Waals surface area contributed by atoms with E-state index in [0.29, 0.717) is 12.1 Å². The van der Waals surface area contributed by atoms with Crippen molar-refractivity contribution in [2.24, 2.45) is 11.7 Å². The van der Waals surface area contributed by atoms with E-state index in [0.717, 1.165) is 56.9 Å². The number of piperidine rings is 1. The lowest BCUT2D eigenvalue weighted by Crippen LogP contribution is -2.45. The molecule has 36 heavy (non-hydrogen) atoms. The smallest absolute Gasteiger partial charge is 0.269 e. The fourth-order valence-corrected chi connectivity index (χ4v) is 5.15. The first kappa shape index (κ1) is 25.8. The SMILES string of the molecule is C[C@@H]1[C@H](CC(=O)N(C)C)CCCN1c1cnc(C(N)=O)c(Nc2ccc(N3CCN(C)CC3)cc2)c1. The Morgan fingerprint density at radius 3 is 2.42 bits per heavy atom. The van der Waals surface area contributed by atoms with Crippen molar-refractivity contribution in [1.29, 1.82) is 0 Å². The fourth-order valence-electron chi connectivity index (χ4n) is 5.15. The lowest BCUT2D eigenvalue weighted by molar-refractivity contribution is -0.130. The van der Waals surface area contributed by atoms with Crippen LogP contribution in [0.2, 0.25) is 0 Å². The lowest BCUT2D eigenvalue weighted by Gasteiger charge is -2.41. The van der Waals surface area contributed by atoms with Crippen molar-refractivity contribution in [3.05, 3.63) is 42.2 Å². The van der Waals surface area contributed by atoms with Crippen molar-refractivity contribution in [2.45, 2.75) is 32.2 Å². The van der Waals surface area contributed by atoms with Crippen molar-refractivity contribution < 1.29 is 9.59 Å². The monoisotopic (exact) mass is 493 g/mol. The molecule has 1 aromatic heterocycles. The van der Waals surface area contributed by atoms with E-state index >= 15 is 0 Å². The van der Waals surface area contributed by atoms with Crippen molar-refractivity contribution >= 4 is 34.6 Å². The molecule has 2 saturated heterocycles. The number of carbonyl (C=O) groups is 2. The number of hydrogen-bond acceptors (Lipinski definition) is 7. The Bertz CT molecular complexity index is 1060. The first-order chi connectivity index (χ1) is 17.2. The molecule has 0 aliphatic carbocycles. The van der Waals surface area contributed by atoms with Crippen LogP contribution in [-0.2, 0) is 4.79 Å². The summed E-state index contributed by atoms with van der Waals surface area (Å²) in [7, 11) is 5.75. The summed E-state index contributed by atoms with van der Waals surface area (Å²) in [4.78, 5) is 37.6. The van der Waals surface area contributed by atoms with Crippen LogP contribution in [0.25, 0.3) is 0 Å². The lowest BCUT2D eigenvalue weighted by atomic mass is 9.87. The number of nitrogens with two attached hydrogens (primary N) is 1. The predicted octanol–water partition coefficient (Wildman–Crippen LogP) is 2.76. The van der Waals surface area contributed by atoms with E-state index in [2.05, 4.69) is 51.1 Å².